The van der Waals surface area contributed by atoms with Crippen LogP contribution in [0.5, 0.6) is 0 Å². The Morgan fingerprint density at radius 1 is 1.13 bits per heavy atom. The summed E-state index contributed by atoms with van der Waals surface area (Å²) in [6.45, 7) is 9.21. The lowest BCUT2D eigenvalue weighted by Gasteiger charge is -2.19. The van der Waals surface area contributed by atoms with Gasteiger partial charge in [0, 0.05) is 6.54 Å². The summed E-state index contributed by atoms with van der Waals surface area (Å²) in [4.78, 5) is 13.6. The van der Waals surface area contributed by atoms with Crippen LogP contribution < -0.4 is 11.1 Å². The first kappa shape index (κ1) is 15.7. The molecule has 0 aliphatic heterocycles. The van der Waals surface area contributed by atoms with Gasteiger partial charge >= 0.3 is 0 Å². The number of rotatable bonds is 3. The van der Waals surface area contributed by atoms with Crippen LogP contribution in [0, 0.1) is 12.3 Å². The average Bonchev–Trinajstić information content (AvgIpc) is 2.87. The van der Waals surface area contributed by atoms with Crippen LogP contribution in [-0.4, -0.2) is 21.5 Å². The quantitative estimate of drug-likeness (QED) is 0.757. The Bertz CT molecular complexity index is 792. The molecule has 6 heteroatoms. The zero-order valence-corrected chi connectivity index (χ0v) is 14.7. The SMILES string of the molecule is Cc1nc(NCC(C)(C)C)nc(N)c1-c1nc2ccccc2s1. The summed E-state index contributed by atoms with van der Waals surface area (Å²) in [5, 5.41) is 4.12. The molecule has 0 radical (unpaired) electrons. The van der Waals surface area contributed by atoms with Gasteiger partial charge in [-0.1, -0.05) is 32.9 Å². The zero-order valence-electron chi connectivity index (χ0n) is 13.8. The van der Waals surface area contributed by atoms with Crippen molar-refractivity contribution in [3.05, 3.63) is 30.0 Å². The maximum Gasteiger partial charge on any atom is 0.224 e. The van der Waals surface area contributed by atoms with Crippen LogP contribution >= 0.6 is 11.3 Å². The summed E-state index contributed by atoms with van der Waals surface area (Å²) in [7, 11) is 0. The average molecular weight is 327 g/mol. The molecule has 0 unspecified atom stereocenters. The molecule has 0 spiro atoms. The van der Waals surface area contributed by atoms with E-state index in [-0.39, 0.29) is 5.41 Å². The third-order valence-electron chi connectivity index (χ3n) is 3.40. The molecular weight excluding hydrogens is 306 g/mol. The van der Waals surface area contributed by atoms with E-state index in [1.165, 1.54) is 0 Å². The molecular formula is C17H21N5S. The van der Waals surface area contributed by atoms with E-state index in [4.69, 9.17) is 5.73 Å². The van der Waals surface area contributed by atoms with Crippen molar-refractivity contribution in [1.82, 2.24) is 15.0 Å². The summed E-state index contributed by atoms with van der Waals surface area (Å²) in [5.74, 6) is 1.03. The van der Waals surface area contributed by atoms with Crippen molar-refractivity contribution < 1.29 is 0 Å². The van der Waals surface area contributed by atoms with Crippen LogP contribution in [0.4, 0.5) is 11.8 Å². The number of nitrogens with one attached hydrogen (secondary N) is 1. The highest BCUT2D eigenvalue weighted by atomic mass is 32.1. The van der Waals surface area contributed by atoms with E-state index in [0.717, 1.165) is 33.0 Å². The van der Waals surface area contributed by atoms with Gasteiger partial charge in [-0.25, -0.2) is 9.97 Å². The number of nitrogen functional groups attached to an aromatic ring is 1. The topological polar surface area (TPSA) is 76.7 Å². The number of nitrogens with two attached hydrogens (primary N) is 1. The Kier molecular flexibility index (Phi) is 3.93. The molecule has 0 saturated carbocycles. The van der Waals surface area contributed by atoms with Crippen molar-refractivity contribution >= 4 is 33.3 Å². The number of thiazole rings is 1. The van der Waals surface area contributed by atoms with Crippen molar-refractivity contribution in [2.24, 2.45) is 5.41 Å². The lowest BCUT2D eigenvalue weighted by molar-refractivity contribution is 0.442. The van der Waals surface area contributed by atoms with Gasteiger partial charge in [-0.3, -0.25) is 0 Å². The molecule has 1 aromatic carbocycles. The van der Waals surface area contributed by atoms with E-state index in [1.54, 1.807) is 11.3 Å². The number of fused-ring (bicyclic) bond motifs is 1. The predicted octanol–water partition coefficient (Wildman–Crippen LogP) is 4.10. The molecule has 0 fully saturated rings. The Balaban J connectivity index is 1.97. The first-order valence-corrected chi connectivity index (χ1v) is 8.39. The normalized spacial score (nSPS) is 11.8. The van der Waals surface area contributed by atoms with Crippen LogP contribution in [0.15, 0.2) is 24.3 Å². The van der Waals surface area contributed by atoms with E-state index < -0.39 is 0 Å². The first-order chi connectivity index (χ1) is 10.8. The summed E-state index contributed by atoms with van der Waals surface area (Å²) in [6.07, 6.45) is 0. The van der Waals surface area contributed by atoms with Crippen LogP contribution in [0.3, 0.4) is 0 Å². The van der Waals surface area contributed by atoms with E-state index in [2.05, 4.69) is 47.1 Å². The minimum Gasteiger partial charge on any atom is -0.383 e. The number of benzene rings is 1. The molecule has 0 aliphatic rings. The lowest BCUT2D eigenvalue weighted by atomic mass is 9.97. The second-order valence-corrected chi connectivity index (χ2v) is 7.82. The van der Waals surface area contributed by atoms with Gasteiger partial charge in [0.2, 0.25) is 5.95 Å². The predicted molar refractivity (Wildman–Crippen MR) is 97.7 cm³/mol. The fourth-order valence-electron chi connectivity index (χ4n) is 2.26. The van der Waals surface area contributed by atoms with Gasteiger partial charge in [0.1, 0.15) is 10.8 Å². The number of hydrogen-bond donors (Lipinski definition) is 2. The zero-order chi connectivity index (χ0) is 16.6. The van der Waals surface area contributed by atoms with Crippen LogP contribution in [0.1, 0.15) is 26.5 Å². The highest BCUT2D eigenvalue weighted by molar-refractivity contribution is 7.21. The Morgan fingerprint density at radius 3 is 2.52 bits per heavy atom. The van der Waals surface area contributed by atoms with Crippen molar-refractivity contribution in [2.45, 2.75) is 27.7 Å². The molecule has 2 heterocycles. The van der Waals surface area contributed by atoms with Gasteiger partial charge in [-0.15, -0.1) is 11.3 Å². The molecule has 5 nitrogen and oxygen atoms in total. The van der Waals surface area contributed by atoms with E-state index in [9.17, 15) is 0 Å². The molecule has 0 atom stereocenters. The second-order valence-electron chi connectivity index (χ2n) is 6.79. The highest BCUT2D eigenvalue weighted by Gasteiger charge is 2.17. The summed E-state index contributed by atoms with van der Waals surface area (Å²) >= 11 is 1.61. The molecule has 120 valence electrons. The molecule has 2 aromatic heterocycles. The van der Waals surface area contributed by atoms with Crippen molar-refractivity contribution in [1.29, 1.82) is 0 Å². The van der Waals surface area contributed by atoms with Crippen molar-refractivity contribution in [3.63, 3.8) is 0 Å². The summed E-state index contributed by atoms with van der Waals surface area (Å²) < 4.78 is 1.14. The van der Waals surface area contributed by atoms with Crippen molar-refractivity contribution in [3.8, 4) is 10.6 Å². The number of aryl methyl sites for hydroxylation is 1. The molecule has 3 N–H and O–H groups in total. The molecule has 0 bridgehead atoms. The van der Waals surface area contributed by atoms with E-state index >= 15 is 0 Å². The second kappa shape index (κ2) is 5.77. The van der Waals surface area contributed by atoms with Gasteiger partial charge in [0.25, 0.3) is 0 Å². The largest absolute Gasteiger partial charge is 0.383 e. The molecule has 0 aliphatic carbocycles. The van der Waals surface area contributed by atoms with Gasteiger partial charge in [-0.2, -0.15) is 4.98 Å². The summed E-state index contributed by atoms with van der Waals surface area (Å²) in [5.41, 5.74) is 8.98. The van der Waals surface area contributed by atoms with E-state index in [0.29, 0.717) is 11.8 Å². The molecule has 3 aromatic rings. The van der Waals surface area contributed by atoms with Crippen LogP contribution in [0.2, 0.25) is 0 Å². The first-order valence-electron chi connectivity index (χ1n) is 7.57. The van der Waals surface area contributed by atoms with Gasteiger partial charge in [0.05, 0.1) is 21.5 Å². The smallest absolute Gasteiger partial charge is 0.224 e. The standard InChI is InChI=1S/C17H21N5S/c1-10-13(15-21-11-7-5-6-8-12(11)23-15)14(18)22-16(20-10)19-9-17(2,3)4/h5-8H,9H2,1-4H3,(H3,18,19,20,22). The Labute approximate surface area is 140 Å². The fourth-order valence-corrected chi connectivity index (χ4v) is 3.33. The number of anilines is 2. The van der Waals surface area contributed by atoms with Crippen molar-refractivity contribution in [2.75, 3.05) is 17.6 Å². The monoisotopic (exact) mass is 327 g/mol. The van der Waals surface area contributed by atoms with Gasteiger partial charge in [-0.05, 0) is 24.5 Å². The maximum absolute atomic E-state index is 6.19. The van der Waals surface area contributed by atoms with E-state index in [1.807, 2.05) is 25.1 Å². The minimum atomic E-state index is 0.151. The third kappa shape index (κ3) is 3.42. The third-order valence-corrected chi connectivity index (χ3v) is 4.46. The minimum absolute atomic E-state index is 0.151. The number of hydrogen-bond acceptors (Lipinski definition) is 6. The molecule has 23 heavy (non-hydrogen) atoms. The van der Waals surface area contributed by atoms with Gasteiger partial charge in [0.15, 0.2) is 0 Å². The number of aromatic nitrogens is 3. The molecule has 3 rings (SSSR count). The summed E-state index contributed by atoms with van der Waals surface area (Å²) in [6, 6.07) is 8.05. The van der Waals surface area contributed by atoms with Crippen LogP contribution in [0.25, 0.3) is 20.8 Å². The molecule has 0 saturated heterocycles. The molecule has 0 amide bonds. The van der Waals surface area contributed by atoms with Gasteiger partial charge < -0.3 is 11.1 Å². The van der Waals surface area contributed by atoms with Crippen LogP contribution in [-0.2, 0) is 0 Å². The maximum atomic E-state index is 6.19. The Morgan fingerprint density at radius 2 is 1.87 bits per heavy atom. The fraction of sp³-hybridized carbons (Fsp3) is 0.353. The number of para-hydroxylation sites is 1. The number of nitrogens with zero attached hydrogens (tertiary/aromatic N) is 3. The lowest BCUT2D eigenvalue weighted by Crippen LogP contribution is -2.20. The highest BCUT2D eigenvalue weighted by Crippen LogP contribution is 2.34. The Hall–Kier alpha value is -2.21.